The molecule has 6 heteroatoms. The normalized spacial score (nSPS) is 9.19. The number of ether oxygens (including phenoxy) is 1. The van der Waals surface area contributed by atoms with Crippen LogP contribution >= 0.6 is 0 Å². The van der Waals surface area contributed by atoms with E-state index in [4.69, 9.17) is 11.5 Å². The molecule has 0 aromatic heterocycles. The van der Waals surface area contributed by atoms with Gasteiger partial charge in [0, 0.05) is 0 Å². The number of rotatable bonds is 3. The highest BCUT2D eigenvalue weighted by Crippen LogP contribution is 1.94. The standard InChI is InChI=1S/C5H9NO4.C5H10Si/c1-2-10-5(9)6-3-4(7)8;1-5-6(2,3)4/h2-3H2,1H3,(H,6,9)(H,7,8);1H,2-4H3. The summed E-state index contributed by atoms with van der Waals surface area (Å²) in [6, 6.07) is 0. The van der Waals surface area contributed by atoms with Gasteiger partial charge in [-0.15, -0.1) is 12.0 Å². The Morgan fingerprint density at radius 1 is 1.44 bits per heavy atom. The predicted octanol–water partition coefficient (Wildman–Crippen LogP) is 1.31. The molecule has 0 rings (SSSR count). The van der Waals surface area contributed by atoms with E-state index < -0.39 is 26.7 Å². The number of terminal acetylenes is 1. The quantitative estimate of drug-likeness (QED) is 0.580. The van der Waals surface area contributed by atoms with Crippen molar-refractivity contribution in [3.8, 4) is 12.0 Å². The van der Waals surface area contributed by atoms with Crippen LogP contribution in [-0.2, 0) is 9.53 Å². The van der Waals surface area contributed by atoms with Gasteiger partial charge >= 0.3 is 12.1 Å². The highest BCUT2D eigenvalue weighted by atomic mass is 28.3. The molecule has 0 bridgehead atoms. The first-order valence-electron chi connectivity index (χ1n) is 4.83. The van der Waals surface area contributed by atoms with Crippen LogP contribution in [0.3, 0.4) is 0 Å². The Labute approximate surface area is 97.2 Å². The Morgan fingerprint density at radius 3 is 2.12 bits per heavy atom. The van der Waals surface area contributed by atoms with E-state index in [0.29, 0.717) is 0 Å². The topological polar surface area (TPSA) is 75.6 Å². The number of carbonyl (C=O) groups excluding carboxylic acids is 1. The van der Waals surface area contributed by atoms with E-state index in [1.807, 2.05) is 5.32 Å². The van der Waals surface area contributed by atoms with Crippen LogP contribution in [0.4, 0.5) is 4.79 Å². The number of alkyl carbamates (subject to hydrolysis) is 1. The summed E-state index contributed by atoms with van der Waals surface area (Å²) in [5.41, 5.74) is 2.74. The van der Waals surface area contributed by atoms with Crippen molar-refractivity contribution in [1.82, 2.24) is 5.32 Å². The second-order valence-corrected chi connectivity index (χ2v) is 8.65. The van der Waals surface area contributed by atoms with Crippen molar-refractivity contribution in [3.63, 3.8) is 0 Å². The summed E-state index contributed by atoms with van der Waals surface area (Å²) in [7, 11) is -1.10. The molecule has 0 saturated heterocycles. The third kappa shape index (κ3) is 18.3. The van der Waals surface area contributed by atoms with E-state index in [9.17, 15) is 9.59 Å². The Morgan fingerprint density at radius 2 is 1.88 bits per heavy atom. The van der Waals surface area contributed by atoms with Crippen molar-refractivity contribution in [1.29, 1.82) is 0 Å². The Kier molecular flexibility index (Phi) is 9.31. The minimum absolute atomic E-state index is 0.242. The molecule has 0 atom stereocenters. The summed E-state index contributed by atoms with van der Waals surface area (Å²) in [5, 5.41) is 10.1. The lowest BCUT2D eigenvalue weighted by Crippen LogP contribution is -2.29. The van der Waals surface area contributed by atoms with Crippen molar-refractivity contribution < 1.29 is 19.4 Å². The summed E-state index contributed by atoms with van der Waals surface area (Å²) in [6.07, 6.45) is 4.41. The van der Waals surface area contributed by atoms with Gasteiger partial charge in [0.2, 0.25) is 0 Å². The molecule has 92 valence electrons. The first-order chi connectivity index (χ1) is 7.22. The van der Waals surface area contributed by atoms with Gasteiger partial charge in [-0.1, -0.05) is 19.6 Å². The fourth-order valence-electron chi connectivity index (χ4n) is 0.330. The van der Waals surface area contributed by atoms with Gasteiger partial charge in [0.15, 0.2) is 0 Å². The molecule has 0 radical (unpaired) electrons. The molecule has 0 aromatic carbocycles. The summed E-state index contributed by atoms with van der Waals surface area (Å²) in [4.78, 5) is 20.2. The van der Waals surface area contributed by atoms with Gasteiger partial charge < -0.3 is 15.2 Å². The molecule has 0 aliphatic carbocycles. The molecule has 2 N–H and O–H groups in total. The van der Waals surface area contributed by atoms with Gasteiger partial charge in [0.05, 0.1) is 6.61 Å². The van der Waals surface area contributed by atoms with Crippen LogP contribution in [0.2, 0.25) is 19.6 Å². The van der Waals surface area contributed by atoms with Crippen LogP contribution in [0, 0.1) is 12.0 Å². The zero-order chi connectivity index (χ0) is 13.2. The van der Waals surface area contributed by atoms with Crippen LogP contribution in [0.5, 0.6) is 0 Å². The third-order valence-electron chi connectivity index (χ3n) is 1.09. The molecule has 1 amide bonds. The Balaban J connectivity index is 0. The number of hydrogen-bond donors (Lipinski definition) is 2. The zero-order valence-corrected chi connectivity index (χ0v) is 11.2. The van der Waals surface area contributed by atoms with E-state index >= 15 is 0 Å². The first-order valence-corrected chi connectivity index (χ1v) is 8.33. The van der Waals surface area contributed by atoms with Crippen LogP contribution < -0.4 is 5.32 Å². The molecule has 0 aromatic rings. The highest BCUT2D eigenvalue weighted by Gasteiger charge is 2.05. The SMILES string of the molecule is C#C[Si](C)(C)C.CCOC(=O)NCC(=O)O. The fraction of sp³-hybridized carbons (Fsp3) is 0.600. The lowest BCUT2D eigenvalue weighted by Gasteiger charge is -2.00. The molecular formula is C10H19NO4Si. The number of hydrogen-bond acceptors (Lipinski definition) is 3. The third-order valence-corrected chi connectivity index (χ3v) is 1.96. The average molecular weight is 245 g/mol. The number of nitrogens with one attached hydrogen (secondary N) is 1. The second-order valence-electron chi connectivity index (χ2n) is 3.86. The number of carboxylic acid groups (broad SMARTS) is 1. The second kappa shape index (κ2) is 8.80. The van der Waals surface area contributed by atoms with E-state index in [-0.39, 0.29) is 6.61 Å². The maximum Gasteiger partial charge on any atom is 0.407 e. The molecule has 0 heterocycles. The van der Waals surface area contributed by atoms with E-state index in [0.717, 1.165) is 0 Å². The molecule has 5 nitrogen and oxygen atoms in total. The van der Waals surface area contributed by atoms with Crippen molar-refractivity contribution >= 4 is 20.1 Å². The lowest BCUT2D eigenvalue weighted by molar-refractivity contribution is -0.135. The molecule has 0 spiro atoms. The van der Waals surface area contributed by atoms with Gasteiger partial charge in [-0.3, -0.25) is 4.79 Å². The molecule has 0 unspecified atom stereocenters. The Bertz CT molecular complexity index is 265. The summed E-state index contributed by atoms with van der Waals surface area (Å²) in [5.74, 6) is -1.09. The molecule has 0 saturated carbocycles. The molecule has 0 aliphatic heterocycles. The zero-order valence-electron chi connectivity index (χ0n) is 10.2. The molecule has 0 aliphatic rings. The predicted molar refractivity (Wildman–Crippen MR) is 64.8 cm³/mol. The minimum Gasteiger partial charge on any atom is -0.480 e. The van der Waals surface area contributed by atoms with Gasteiger partial charge in [-0.25, -0.2) is 4.79 Å². The van der Waals surface area contributed by atoms with Crippen LogP contribution in [0.1, 0.15) is 6.92 Å². The summed E-state index contributed by atoms with van der Waals surface area (Å²) < 4.78 is 4.38. The summed E-state index contributed by atoms with van der Waals surface area (Å²) in [6.45, 7) is 7.91. The van der Waals surface area contributed by atoms with Gasteiger partial charge in [0.1, 0.15) is 14.6 Å². The molecule has 16 heavy (non-hydrogen) atoms. The van der Waals surface area contributed by atoms with Crippen molar-refractivity contribution in [3.05, 3.63) is 0 Å². The summed E-state index contributed by atoms with van der Waals surface area (Å²) >= 11 is 0. The minimum atomic E-state index is -1.10. The lowest BCUT2D eigenvalue weighted by atomic mass is 10.7. The molecule has 0 fully saturated rings. The number of carboxylic acids is 1. The highest BCUT2D eigenvalue weighted by molar-refractivity contribution is 6.83. The van der Waals surface area contributed by atoms with Gasteiger partial charge in [-0.2, -0.15) is 0 Å². The number of amides is 1. The average Bonchev–Trinajstić information content (AvgIpc) is 2.15. The fourth-order valence-corrected chi connectivity index (χ4v) is 0.330. The maximum absolute atomic E-state index is 10.4. The van der Waals surface area contributed by atoms with Gasteiger partial charge in [0.25, 0.3) is 0 Å². The number of aliphatic carboxylic acids is 1. The Hall–Kier alpha value is -1.48. The van der Waals surface area contributed by atoms with E-state index in [1.54, 1.807) is 6.92 Å². The number of carbonyl (C=O) groups is 2. The maximum atomic E-state index is 10.4. The largest absolute Gasteiger partial charge is 0.480 e. The van der Waals surface area contributed by atoms with Crippen LogP contribution in [0.15, 0.2) is 0 Å². The van der Waals surface area contributed by atoms with Crippen molar-refractivity contribution in [2.24, 2.45) is 0 Å². The van der Waals surface area contributed by atoms with Crippen LogP contribution in [0.25, 0.3) is 0 Å². The van der Waals surface area contributed by atoms with Gasteiger partial charge in [-0.05, 0) is 6.92 Å². The molecular weight excluding hydrogens is 226 g/mol. The van der Waals surface area contributed by atoms with Crippen LogP contribution in [-0.4, -0.2) is 38.4 Å². The monoisotopic (exact) mass is 245 g/mol. The van der Waals surface area contributed by atoms with E-state index in [2.05, 4.69) is 29.9 Å². The first kappa shape index (κ1) is 16.9. The van der Waals surface area contributed by atoms with Crippen molar-refractivity contribution in [2.75, 3.05) is 13.2 Å². The van der Waals surface area contributed by atoms with E-state index in [1.165, 1.54) is 0 Å². The smallest absolute Gasteiger partial charge is 0.407 e. The van der Waals surface area contributed by atoms with Crippen molar-refractivity contribution in [2.45, 2.75) is 26.6 Å².